The number of hydrogen-bond acceptors (Lipinski definition) is 3. The van der Waals surface area contributed by atoms with Gasteiger partial charge in [-0.2, -0.15) is 0 Å². The van der Waals surface area contributed by atoms with Gasteiger partial charge < -0.3 is 0 Å². The lowest BCUT2D eigenvalue weighted by Crippen LogP contribution is -2.75. The monoisotopic (exact) mass is 167 g/mol. The molecule has 0 unspecified atom stereocenters. The van der Waals surface area contributed by atoms with E-state index in [2.05, 4.69) is 0 Å². The van der Waals surface area contributed by atoms with Gasteiger partial charge in [0, 0.05) is 11.0 Å². The van der Waals surface area contributed by atoms with Crippen LogP contribution in [0.3, 0.4) is 0 Å². The maximum atomic E-state index is 10.8. The molecule has 0 saturated heterocycles. The van der Waals surface area contributed by atoms with Gasteiger partial charge in [0.2, 0.25) is 11.6 Å². The number of rotatable bonds is 2. The number of hydrazine groups is 1. The summed E-state index contributed by atoms with van der Waals surface area (Å²) < 4.78 is 0. The average Bonchev–Trinajstić information content (AvgIpc) is 2.08. The minimum Gasteiger partial charge on any atom is -0.286 e. The molecule has 5 heteroatoms. The SMILES string of the molecule is CN([NH+]=O)C1=CC(=O)C(=O)C=C1. The zero-order valence-electron chi connectivity index (χ0n) is 6.40. The lowest BCUT2D eigenvalue weighted by atomic mass is 10.1. The van der Waals surface area contributed by atoms with Gasteiger partial charge in [0.05, 0.1) is 7.05 Å². The second-order valence-corrected chi connectivity index (χ2v) is 2.28. The highest BCUT2D eigenvalue weighted by Gasteiger charge is 2.17. The molecule has 0 amide bonds. The fourth-order valence-electron chi connectivity index (χ4n) is 0.758. The number of nitroso groups, excluding NO2 is 1. The van der Waals surface area contributed by atoms with Crippen LogP contribution in [0, 0.1) is 4.91 Å². The highest BCUT2D eigenvalue weighted by atomic mass is 16.3. The first kappa shape index (κ1) is 8.32. The first-order valence-corrected chi connectivity index (χ1v) is 3.24. The number of carbonyl (C=O) groups excluding carboxylic acids is 2. The van der Waals surface area contributed by atoms with Crippen LogP contribution in [-0.4, -0.2) is 23.6 Å². The molecule has 62 valence electrons. The number of hydrogen-bond donors (Lipinski definition) is 1. The Morgan fingerprint density at radius 3 is 2.42 bits per heavy atom. The summed E-state index contributed by atoms with van der Waals surface area (Å²) in [5, 5.41) is 2.67. The Balaban J connectivity index is 2.90. The van der Waals surface area contributed by atoms with E-state index in [0.29, 0.717) is 5.70 Å². The van der Waals surface area contributed by atoms with Gasteiger partial charge in [-0.25, -0.2) is 0 Å². The third-order valence-electron chi connectivity index (χ3n) is 1.45. The van der Waals surface area contributed by atoms with Crippen LogP contribution in [-0.2, 0) is 9.59 Å². The quantitative estimate of drug-likeness (QED) is 0.301. The highest BCUT2D eigenvalue weighted by molar-refractivity contribution is 6.46. The Morgan fingerprint density at radius 2 is 1.92 bits per heavy atom. The number of ketones is 2. The van der Waals surface area contributed by atoms with E-state index in [1.54, 1.807) is 5.29 Å². The minimum absolute atomic E-state index is 0.370. The van der Waals surface area contributed by atoms with Crippen molar-refractivity contribution in [2.24, 2.45) is 0 Å². The molecule has 1 rings (SSSR count). The van der Waals surface area contributed by atoms with Crippen molar-refractivity contribution in [1.29, 1.82) is 0 Å². The Kier molecular flexibility index (Phi) is 2.14. The van der Waals surface area contributed by atoms with Crippen molar-refractivity contribution >= 4 is 11.6 Å². The van der Waals surface area contributed by atoms with Crippen molar-refractivity contribution in [2.45, 2.75) is 0 Å². The van der Waals surface area contributed by atoms with Gasteiger partial charge in [0.1, 0.15) is 11.0 Å². The predicted molar refractivity (Wildman–Crippen MR) is 39.3 cm³/mol. The topological polar surface area (TPSA) is 68.4 Å². The van der Waals surface area contributed by atoms with Crippen molar-refractivity contribution in [3.8, 4) is 0 Å². The third-order valence-corrected chi connectivity index (χ3v) is 1.45. The first-order valence-electron chi connectivity index (χ1n) is 3.24. The lowest BCUT2D eigenvalue weighted by Gasteiger charge is -2.05. The van der Waals surface area contributed by atoms with Crippen LogP contribution in [0.15, 0.2) is 23.9 Å². The maximum absolute atomic E-state index is 10.8. The van der Waals surface area contributed by atoms with Crippen molar-refractivity contribution in [1.82, 2.24) is 5.01 Å². The van der Waals surface area contributed by atoms with Crippen molar-refractivity contribution in [3.63, 3.8) is 0 Å². The number of carbonyl (C=O) groups is 2. The van der Waals surface area contributed by atoms with Crippen molar-refractivity contribution in [2.75, 3.05) is 7.05 Å². The summed E-state index contributed by atoms with van der Waals surface area (Å²) in [7, 11) is 1.45. The fourth-order valence-corrected chi connectivity index (χ4v) is 0.758. The van der Waals surface area contributed by atoms with Crippen LogP contribution in [0.25, 0.3) is 0 Å². The second kappa shape index (κ2) is 3.08. The van der Waals surface area contributed by atoms with Crippen molar-refractivity contribution in [3.05, 3.63) is 28.8 Å². The molecular formula is C7H7N2O3+. The summed E-state index contributed by atoms with van der Waals surface area (Å²) >= 11 is 0. The highest BCUT2D eigenvalue weighted by Crippen LogP contribution is 2.04. The van der Waals surface area contributed by atoms with Gasteiger partial charge in [0.25, 0.3) is 0 Å². The van der Waals surface area contributed by atoms with Gasteiger partial charge in [-0.05, 0) is 12.2 Å². The molecule has 0 aromatic heterocycles. The van der Waals surface area contributed by atoms with Gasteiger partial charge in [-0.3, -0.25) is 9.59 Å². The minimum atomic E-state index is -0.616. The van der Waals surface area contributed by atoms with Gasteiger partial charge in [0.15, 0.2) is 0 Å². The van der Waals surface area contributed by atoms with E-state index in [4.69, 9.17) is 0 Å². The number of allylic oxidation sites excluding steroid dienone is 3. The molecule has 0 heterocycles. The van der Waals surface area contributed by atoms with Gasteiger partial charge >= 0.3 is 0 Å². The number of nitrogens with zero attached hydrogens (tertiary/aromatic N) is 1. The standard InChI is InChI=1S/C7H6N2O3/c1-9(8-12)5-2-3-6(10)7(11)4-5/h2-4H,1H3/p+1. The Bertz CT molecular complexity index is 304. The molecule has 5 nitrogen and oxygen atoms in total. The van der Waals surface area contributed by atoms with Crippen LogP contribution in [0.5, 0.6) is 0 Å². The van der Waals surface area contributed by atoms with E-state index >= 15 is 0 Å². The second-order valence-electron chi connectivity index (χ2n) is 2.28. The zero-order valence-corrected chi connectivity index (χ0v) is 6.40. The summed E-state index contributed by atoms with van der Waals surface area (Å²) in [4.78, 5) is 31.6. The normalized spacial score (nSPS) is 15.9. The molecule has 1 N–H and O–H groups in total. The molecule has 0 atom stereocenters. The molecule has 1 aliphatic rings. The summed E-state index contributed by atoms with van der Waals surface area (Å²) in [6, 6.07) is 0. The van der Waals surface area contributed by atoms with Crippen molar-refractivity contribution < 1.29 is 14.9 Å². The van der Waals surface area contributed by atoms with E-state index in [1.165, 1.54) is 13.1 Å². The average molecular weight is 167 g/mol. The van der Waals surface area contributed by atoms with Crippen LogP contribution in [0.4, 0.5) is 0 Å². The molecule has 0 aromatic rings. The molecule has 0 fully saturated rings. The Hall–Kier alpha value is -1.78. The molecule has 1 aliphatic carbocycles. The molecule has 0 bridgehead atoms. The Morgan fingerprint density at radius 1 is 1.25 bits per heavy atom. The van der Waals surface area contributed by atoms with E-state index < -0.39 is 11.6 Å². The largest absolute Gasteiger partial charge is 0.286 e. The van der Waals surface area contributed by atoms with E-state index in [9.17, 15) is 14.5 Å². The molecule has 0 saturated carbocycles. The summed E-state index contributed by atoms with van der Waals surface area (Å²) in [5.74, 6) is -1.19. The van der Waals surface area contributed by atoms with Crippen LogP contribution in [0.1, 0.15) is 0 Å². The Labute approximate surface area is 68.3 Å². The molecule has 12 heavy (non-hydrogen) atoms. The summed E-state index contributed by atoms with van der Waals surface area (Å²) in [6.45, 7) is 0. The lowest BCUT2D eigenvalue weighted by molar-refractivity contribution is -0.644. The summed E-state index contributed by atoms with van der Waals surface area (Å²) in [6.07, 6.45) is 3.63. The predicted octanol–water partition coefficient (Wildman–Crippen LogP) is -1.73. The molecule has 0 aromatic carbocycles. The van der Waals surface area contributed by atoms with Gasteiger partial charge in [-0.15, -0.1) is 5.01 Å². The number of likely N-dealkylation sites (N-methyl/N-ethyl adjacent to an activating group) is 1. The summed E-state index contributed by atoms with van der Waals surface area (Å²) in [5.41, 5.74) is 0.370. The van der Waals surface area contributed by atoms with Crippen LogP contribution >= 0.6 is 0 Å². The third kappa shape index (κ3) is 1.45. The zero-order chi connectivity index (χ0) is 9.14. The molecular weight excluding hydrogens is 160 g/mol. The smallest absolute Gasteiger partial charge is 0.227 e. The maximum Gasteiger partial charge on any atom is 0.227 e. The van der Waals surface area contributed by atoms with Gasteiger partial charge in [-0.1, -0.05) is 0 Å². The van der Waals surface area contributed by atoms with Crippen LogP contribution in [0.2, 0.25) is 0 Å². The first-order chi connectivity index (χ1) is 5.65. The number of nitrogens with one attached hydrogen (secondary N) is 1. The molecule has 0 spiro atoms. The van der Waals surface area contributed by atoms with Crippen LogP contribution < -0.4 is 5.29 Å². The van der Waals surface area contributed by atoms with E-state index in [0.717, 1.165) is 17.2 Å². The fraction of sp³-hybridized carbons (Fsp3) is 0.143. The molecule has 0 aliphatic heterocycles. The molecule has 0 radical (unpaired) electrons. The van der Waals surface area contributed by atoms with E-state index in [1.807, 2.05) is 0 Å². The van der Waals surface area contributed by atoms with E-state index in [-0.39, 0.29) is 0 Å².